The van der Waals surface area contributed by atoms with E-state index in [-0.39, 0.29) is 11.7 Å². The summed E-state index contributed by atoms with van der Waals surface area (Å²) in [6.45, 7) is 5.50. The Kier molecular flexibility index (Phi) is 8.58. The van der Waals surface area contributed by atoms with Gasteiger partial charge < -0.3 is 14.9 Å². The zero-order chi connectivity index (χ0) is 20.6. The van der Waals surface area contributed by atoms with E-state index in [0.29, 0.717) is 23.9 Å². The number of nitrogens with zero attached hydrogens (tertiary/aromatic N) is 1. The first-order chi connectivity index (χ1) is 12.5. The molecule has 2 N–H and O–H groups in total. The molecular weight excluding hydrogens is 391 g/mol. The monoisotopic (exact) mass is 409 g/mol. The predicted molar refractivity (Wildman–Crippen MR) is 92.0 cm³/mol. The first kappa shape index (κ1) is 22.8. The van der Waals surface area contributed by atoms with Crippen LogP contribution in [0.25, 0.3) is 0 Å². The van der Waals surface area contributed by atoms with Crippen molar-refractivity contribution in [2.75, 3.05) is 19.6 Å². The normalized spacial score (nSPS) is 17.4. The molecule has 1 aliphatic rings. The van der Waals surface area contributed by atoms with E-state index in [9.17, 15) is 18.0 Å². The van der Waals surface area contributed by atoms with Gasteiger partial charge in [-0.15, -0.1) is 0 Å². The van der Waals surface area contributed by atoms with E-state index in [1.807, 2.05) is 18.2 Å². The number of para-hydroxylation sites is 1. The molecule has 1 saturated heterocycles. The molecule has 1 unspecified atom stereocenters. The molecule has 1 aliphatic heterocycles. The fraction of sp³-hybridized carbons (Fsp3) is 0.412. The second-order valence-electron chi connectivity index (χ2n) is 5.76. The summed E-state index contributed by atoms with van der Waals surface area (Å²) in [6, 6.07) is 7.38. The van der Waals surface area contributed by atoms with Gasteiger partial charge in [-0.25, -0.2) is 9.59 Å². The van der Waals surface area contributed by atoms with E-state index < -0.39 is 18.1 Å². The highest BCUT2D eigenvalue weighted by atomic mass is 35.5. The van der Waals surface area contributed by atoms with E-state index >= 15 is 0 Å². The van der Waals surface area contributed by atoms with Crippen LogP contribution in [-0.4, -0.2) is 59.0 Å². The van der Waals surface area contributed by atoms with Crippen LogP contribution >= 0.6 is 11.6 Å². The van der Waals surface area contributed by atoms with Crippen molar-refractivity contribution in [3.63, 3.8) is 0 Å². The van der Waals surface area contributed by atoms with Crippen molar-refractivity contribution in [3.05, 3.63) is 41.4 Å². The lowest BCUT2D eigenvalue weighted by Gasteiger charge is -2.32. The molecule has 1 atom stereocenters. The Morgan fingerprint density at radius 3 is 2.41 bits per heavy atom. The number of alkyl halides is 3. The predicted octanol–water partition coefficient (Wildman–Crippen LogP) is 3.46. The van der Waals surface area contributed by atoms with Gasteiger partial charge in [-0.3, -0.25) is 4.90 Å². The second-order valence-corrected chi connectivity index (χ2v) is 6.17. The van der Waals surface area contributed by atoms with Gasteiger partial charge in [0, 0.05) is 18.7 Å². The zero-order valence-corrected chi connectivity index (χ0v) is 15.0. The number of piperidine rings is 1. The number of ether oxygens (including phenoxy) is 1. The van der Waals surface area contributed by atoms with Crippen LogP contribution in [0.5, 0.6) is 5.75 Å². The van der Waals surface area contributed by atoms with Crippen LogP contribution in [0.15, 0.2) is 36.4 Å². The SMILES string of the molecule is C=C(CN1CCCC(Oc2ccccc2Cl)C1)C(=O)O.O=C(O)C(F)(F)F. The van der Waals surface area contributed by atoms with Crippen LogP contribution in [0.2, 0.25) is 5.02 Å². The molecule has 0 amide bonds. The molecule has 2 rings (SSSR count). The maximum absolute atomic E-state index is 10.8. The van der Waals surface area contributed by atoms with Gasteiger partial charge in [0.1, 0.15) is 11.9 Å². The summed E-state index contributed by atoms with van der Waals surface area (Å²) in [5, 5.41) is 16.6. The van der Waals surface area contributed by atoms with Crippen molar-refractivity contribution < 1.29 is 37.7 Å². The molecule has 27 heavy (non-hydrogen) atoms. The molecule has 0 aromatic heterocycles. The Bertz CT molecular complexity index is 681. The van der Waals surface area contributed by atoms with Gasteiger partial charge in [0.2, 0.25) is 0 Å². The molecule has 0 saturated carbocycles. The van der Waals surface area contributed by atoms with Crippen molar-refractivity contribution in [3.8, 4) is 5.75 Å². The first-order valence-electron chi connectivity index (χ1n) is 7.85. The van der Waals surface area contributed by atoms with Gasteiger partial charge in [0.05, 0.1) is 5.02 Å². The summed E-state index contributed by atoms with van der Waals surface area (Å²) in [5.41, 5.74) is 0.211. The van der Waals surface area contributed by atoms with Crippen LogP contribution in [-0.2, 0) is 9.59 Å². The number of rotatable bonds is 5. The quantitative estimate of drug-likeness (QED) is 0.724. The zero-order valence-electron chi connectivity index (χ0n) is 14.2. The number of carboxylic acids is 2. The topological polar surface area (TPSA) is 87.1 Å². The fourth-order valence-electron chi connectivity index (χ4n) is 2.31. The number of likely N-dealkylation sites (tertiary alicyclic amines) is 1. The first-order valence-corrected chi connectivity index (χ1v) is 8.23. The molecule has 0 aliphatic carbocycles. The number of aliphatic carboxylic acids is 2. The van der Waals surface area contributed by atoms with Crippen molar-refractivity contribution >= 4 is 23.5 Å². The van der Waals surface area contributed by atoms with Gasteiger partial charge in [-0.05, 0) is 31.5 Å². The molecule has 0 bridgehead atoms. The average Bonchev–Trinajstić information content (AvgIpc) is 2.57. The van der Waals surface area contributed by atoms with Crippen LogP contribution in [0.1, 0.15) is 12.8 Å². The lowest BCUT2D eigenvalue weighted by molar-refractivity contribution is -0.192. The van der Waals surface area contributed by atoms with E-state index in [1.165, 1.54) is 0 Å². The van der Waals surface area contributed by atoms with Gasteiger partial charge in [-0.2, -0.15) is 13.2 Å². The number of carboxylic acid groups (broad SMARTS) is 2. The molecular formula is C17H19ClF3NO5. The number of carbonyl (C=O) groups is 2. The van der Waals surface area contributed by atoms with Gasteiger partial charge in [0.25, 0.3) is 0 Å². The van der Waals surface area contributed by atoms with Crippen LogP contribution in [0, 0.1) is 0 Å². The molecule has 6 nitrogen and oxygen atoms in total. The molecule has 150 valence electrons. The summed E-state index contributed by atoms with van der Waals surface area (Å²) < 4.78 is 37.6. The Morgan fingerprint density at radius 2 is 1.89 bits per heavy atom. The van der Waals surface area contributed by atoms with Crippen molar-refractivity contribution in [1.29, 1.82) is 0 Å². The summed E-state index contributed by atoms with van der Waals surface area (Å²) >= 11 is 6.08. The van der Waals surface area contributed by atoms with E-state index in [0.717, 1.165) is 19.4 Å². The standard InChI is InChI=1S/C15H18ClNO3.C2HF3O2/c1-11(15(18)19)9-17-8-4-5-12(10-17)20-14-7-3-2-6-13(14)16;3-2(4,5)1(6)7/h2-3,6-7,12H,1,4-5,8-10H2,(H,18,19);(H,6,7). The Morgan fingerprint density at radius 1 is 1.30 bits per heavy atom. The Balaban J connectivity index is 0.000000445. The molecule has 10 heteroatoms. The van der Waals surface area contributed by atoms with E-state index in [2.05, 4.69) is 11.5 Å². The Hall–Kier alpha value is -2.26. The molecule has 0 spiro atoms. The van der Waals surface area contributed by atoms with Gasteiger partial charge >= 0.3 is 18.1 Å². The van der Waals surface area contributed by atoms with Crippen LogP contribution < -0.4 is 4.74 Å². The van der Waals surface area contributed by atoms with Crippen LogP contribution in [0.4, 0.5) is 13.2 Å². The van der Waals surface area contributed by atoms with Gasteiger partial charge in [-0.1, -0.05) is 30.3 Å². The van der Waals surface area contributed by atoms with Gasteiger partial charge in [0.15, 0.2) is 0 Å². The summed E-state index contributed by atoms with van der Waals surface area (Å²) in [5.74, 6) is -3.02. The number of benzene rings is 1. The smallest absolute Gasteiger partial charge is 0.488 e. The minimum atomic E-state index is -5.08. The lowest BCUT2D eigenvalue weighted by Crippen LogP contribution is -2.42. The third-order valence-corrected chi connectivity index (χ3v) is 3.86. The summed E-state index contributed by atoms with van der Waals surface area (Å²) in [7, 11) is 0. The number of halogens is 4. The molecule has 1 fully saturated rings. The summed E-state index contributed by atoms with van der Waals surface area (Å²) in [4.78, 5) is 21.8. The molecule has 1 aromatic carbocycles. The van der Waals surface area contributed by atoms with Crippen molar-refractivity contribution in [2.24, 2.45) is 0 Å². The van der Waals surface area contributed by atoms with E-state index in [1.54, 1.807) is 6.07 Å². The number of hydrogen-bond acceptors (Lipinski definition) is 4. The number of hydrogen-bond donors (Lipinski definition) is 2. The average molecular weight is 410 g/mol. The fourth-order valence-corrected chi connectivity index (χ4v) is 2.49. The maximum Gasteiger partial charge on any atom is 0.490 e. The van der Waals surface area contributed by atoms with Crippen molar-refractivity contribution in [2.45, 2.75) is 25.1 Å². The highest BCUT2D eigenvalue weighted by Crippen LogP contribution is 2.26. The third kappa shape index (κ3) is 8.31. The highest BCUT2D eigenvalue weighted by molar-refractivity contribution is 6.32. The highest BCUT2D eigenvalue weighted by Gasteiger charge is 2.38. The third-order valence-electron chi connectivity index (χ3n) is 3.55. The minimum absolute atomic E-state index is 0.0326. The largest absolute Gasteiger partial charge is 0.490 e. The minimum Gasteiger partial charge on any atom is -0.488 e. The molecule has 1 heterocycles. The summed E-state index contributed by atoms with van der Waals surface area (Å²) in [6.07, 6.45) is -3.13. The van der Waals surface area contributed by atoms with Crippen LogP contribution in [0.3, 0.4) is 0 Å². The maximum atomic E-state index is 10.8. The van der Waals surface area contributed by atoms with Crippen molar-refractivity contribution in [1.82, 2.24) is 4.90 Å². The Labute approximate surface area is 158 Å². The molecule has 0 radical (unpaired) electrons. The second kappa shape index (κ2) is 10.2. The lowest BCUT2D eigenvalue weighted by atomic mass is 10.1. The van der Waals surface area contributed by atoms with E-state index in [4.69, 9.17) is 31.3 Å². The molecule has 1 aromatic rings.